The third-order valence-corrected chi connectivity index (χ3v) is 5.94. The van der Waals surface area contributed by atoms with Crippen LogP contribution >= 0.6 is 11.6 Å². The van der Waals surface area contributed by atoms with Crippen LogP contribution in [0.25, 0.3) is 0 Å². The summed E-state index contributed by atoms with van der Waals surface area (Å²) >= 11 is 6.21. The fourth-order valence-corrected chi connectivity index (χ4v) is 3.92. The Morgan fingerprint density at radius 2 is 1.64 bits per heavy atom. The van der Waals surface area contributed by atoms with Gasteiger partial charge in [0, 0.05) is 19.5 Å². The number of halogens is 1. The lowest BCUT2D eigenvalue weighted by Crippen LogP contribution is -2.52. The molecule has 3 rings (SSSR count). The van der Waals surface area contributed by atoms with Crippen molar-refractivity contribution in [1.82, 2.24) is 10.2 Å². The molecule has 0 aliphatic heterocycles. The third-order valence-electron chi connectivity index (χ3n) is 5.63. The molecular formula is C29H33ClN2O4. The van der Waals surface area contributed by atoms with Gasteiger partial charge in [-0.1, -0.05) is 80.0 Å². The molecule has 3 aromatic carbocycles. The summed E-state index contributed by atoms with van der Waals surface area (Å²) in [5, 5.41) is 3.43. The van der Waals surface area contributed by atoms with Crippen molar-refractivity contribution in [3.05, 3.63) is 95.0 Å². The van der Waals surface area contributed by atoms with Gasteiger partial charge in [-0.25, -0.2) is 0 Å². The lowest BCUT2D eigenvalue weighted by Gasteiger charge is -2.32. The van der Waals surface area contributed by atoms with E-state index in [1.807, 2.05) is 68.4 Å². The van der Waals surface area contributed by atoms with Crippen molar-refractivity contribution in [2.75, 3.05) is 20.3 Å². The van der Waals surface area contributed by atoms with Gasteiger partial charge >= 0.3 is 0 Å². The number of para-hydroxylation sites is 1. The van der Waals surface area contributed by atoms with Crippen LogP contribution in [0, 0.1) is 5.92 Å². The zero-order chi connectivity index (χ0) is 25.9. The molecule has 190 valence electrons. The summed E-state index contributed by atoms with van der Waals surface area (Å²) in [6.07, 6.45) is 0.368. The number of amides is 2. The van der Waals surface area contributed by atoms with Crippen molar-refractivity contribution < 1.29 is 19.1 Å². The maximum absolute atomic E-state index is 13.6. The Bertz CT molecular complexity index is 1140. The summed E-state index contributed by atoms with van der Waals surface area (Å²) in [4.78, 5) is 28.6. The molecule has 0 radical (unpaired) electrons. The Labute approximate surface area is 218 Å². The summed E-state index contributed by atoms with van der Waals surface area (Å²) in [5.74, 6) is 0.839. The first-order valence-corrected chi connectivity index (χ1v) is 12.4. The monoisotopic (exact) mass is 508 g/mol. The van der Waals surface area contributed by atoms with Crippen LogP contribution in [0.1, 0.15) is 25.0 Å². The number of hydrogen-bond acceptors (Lipinski definition) is 4. The number of hydrogen-bond donors (Lipinski definition) is 1. The molecule has 0 saturated carbocycles. The Morgan fingerprint density at radius 3 is 2.33 bits per heavy atom. The Kier molecular flexibility index (Phi) is 10.2. The molecule has 7 heteroatoms. The van der Waals surface area contributed by atoms with E-state index < -0.39 is 6.04 Å². The highest BCUT2D eigenvalue weighted by molar-refractivity contribution is 6.32. The molecule has 0 aromatic heterocycles. The number of ether oxygens (including phenoxy) is 2. The summed E-state index contributed by atoms with van der Waals surface area (Å²) in [6, 6.07) is 23.4. The number of nitrogens with zero attached hydrogens (tertiary/aromatic N) is 1. The number of rotatable bonds is 12. The van der Waals surface area contributed by atoms with Gasteiger partial charge in [-0.15, -0.1) is 0 Å². The first-order valence-electron chi connectivity index (χ1n) is 12.0. The van der Waals surface area contributed by atoms with E-state index in [0.717, 1.165) is 11.1 Å². The van der Waals surface area contributed by atoms with Crippen LogP contribution in [0.2, 0.25) is 5.02 Å². The normalized spacial score (nSPS) is 11.6. The lowest BCUT2D eigenvalue weighted by molar-refractivity contribution is -0.142. The molecule has 0 saturated heterocycles. The number of carbonyl (C=O) groups is 2. The molecule has 0 spiro atoms. The second kappa shape index (κ2) is 13.5. The standard InChI is InChI=1S/C29H33ClN2O4/c1-21(2)18-31-29(34)26(17-22-10-5-4-6-11-22)32(19-23-12-9-13-24(16-23)35-3)28(33)20-36-27-15-8-7-14-25(27)30/h4-16,21,26H,17-20H2,1-3H3,(H,31,34). The largest absolute Gasteiger partial charge is 0.497 e. The molecule has 0 aliphatic rings. The summed E-state index contributed by atoms with van der Waals surface area (Å²) in [5.41, 5.74) is 1.80. The van der Waals surface area contributed by atoms with E-state index in [1.54, 1.807) is 36.3 Å². The second-order valence-corrected chi connectivity index (χ2v) is 9.34. The molecule has 3 aromatic rings. The van der Waals surface area contributed by atoms with Crippen molar-refractivity contribution in [1.29, 1.82) is 0 Å². The van der Waals surface area contributed by atoms with E-state index in [9.17, 15) is 9.59 Å². The van der Waals surface area contributed by atoms with Gasteiger partial charge in [0.2, 0.25) is 5.91 Å². The molecule has 0 aliphatic carbocycles. The van der Waals surface area contributed by atoms with E-state index in [-0.39, 0.29) is 30.9 Å². The van der Waals surface area contributed by atoms with Crippen molar-refractivity contribution >= 4 is 23.4 Å². The predicted molar refractivity (Wildman–Crippen MR) is 142 cm³/mol. The lowest BCUT2D eigenvalue weighted by atomic mass is 10.0. The summed E-state index contributed by atoms with van der Waals surface area (Å²) in [7, 11) is 1.59. The molecule has 1 N–H and O–H groups in total. The molecule has 0 bridgehead atoms. The van der Waals surface area contributed by atoms with Crippen molar-refractivity contribution in [3.63, 3.8) is 0 Å². The smallest absolute Gasteiger partial charge is 0.261 e. The number of methoxy groups -OCH3 is 1. The highest BCUT2D eigenvalue weighted by Gasteiger charge is 2.31. The first kappa shape index (κ1) is 27.1. The van der Waals surface area contributed by atoms with Crippen LogP contribution in [0.5, 0.6) is 11.5 Å². The van der Waals surface area contributed by atoms with E-state index in [4.69, 9.17) is 21.1 Å². The highest BCUT2D eigenvalue weighted by atomic mass is 35.5. The fourth-order valence-electron chi connectivity index (χ4n) is 3.73. The average Bonchev–Trinajstić information content (AvgIpc) is 2.89. The molecule has 1 atom stereocenters. The fraction of sp³-hybridized carbons (Fsp3) is 0.310. The maximum Gasteiger partial charge on any atom is 0.261 e. The Morgan fingerprint density at radius 1 is 0.944 bits per heavy atom. The quantitative estimate of drug-likeness (QED) is 0.368. The average molecular weight is 509 g/mol. The van der Waals surface area contributed by atoms with Gasteiger partial charge in [-0.2, -0.15) is 0 Å². The van der Waals surface area contributed by atoms with Crippen LogP contribution in [-0.4, -0.2) is 43.0 Å². The van der Waals surface area contributed by atoms with E-state index >= 15 is 0 Å². The van der Waals surface area contributed by atoms with Crippen LogP contribution in [0.4, 0.5) is 0 Å². The van der Waals surface area contributed by atoms with Gasteiger partial charge < -0.3 is 19.7 Å². The Hall–Kier alpha value is -3.51. The van der Waals surface area contributed by atoms with Crippen molar-refractivity contribution in [2.45, 2.75) is 32.9 Å². The Balaban J connectivity index is 1.92. The summed E-state index contributed by atoms with van der Waals surface area (Å²) in [6.45, 7) is 4.54. The van der Waals surface area contributed by atoms with Gasteiger partial charge in [-0.3, -0.25) is 9.59 Å². The van der Waals surface area contributed by atoms with Crippen molar-refractivity contribution in [3.8, 4) is 11.5 Å². The van der Waals surface area contributed by atoms with Gasteiger partial charge in [0.25, 0.3) is 5.91 Å². The molecule has 0 fully saturated rings. The van der Waals surface area contributed by atoms with Gasteiger partial charge in [0.05, 0.1) is 12.1 Å². The predicted octanol–water partition coefficient (Wildman–Crippen LogP) is 5.14. The van der Waals surface area contributed by atoms with Gasteiger partial charge in [0.1, 0.15) is 17.5 Å². The second-order valence-electron chi connectivity index (χ2n) is 8.94. The minimum Gasteiger partial charge on any atom is -0.497 e. The zero-order valence-electron chi connectivity index (χ0n) is 20.9. The van der Waals surface area contributed by atoms with Crippen molar-refractivity contribution in [2.24, 2.45) is 5.92 Å². The van der Waals surface area contributed by atoms with Gasteiger partial charge in [0.15, 0.2) is 6.61 Å². The SMILES string of the molecule is COc1cccc(CN(C(=O)COc2ccccc2Cl)C(Cc2ccccc2)C(=O)NCC(C)C)c1. The van der Waals surface area contributed by atoms with E-state index in [0.29, 0.717) is 29.5 Å². The van der Waals surface area contributed by atoms with Crippen LogP contribution in [-0.2, 0) is 22.6 Å². The first-order chi connectivity index (χ1) is 17.4. The third kappa shape index (κ3) is 8.02. The minimum absolute atomic E-state index is 0.207. The number of benzene rings is 3. The van der Waals surface area contributed by atoms with Crippen LogP contribution in [0.15, 0.2) is 78.9 Å². The zero-order valence-corrected chi connectivity index (χ0v) is 21.7. The molecule has 1 unspecified atom stereocenters. The van der Waals surface area contributed by atoms with E-state index in [1.165, 1.54) is 0 Å². The topological polar surface area (TPSA) is 67.9 Å². The molecule has 0 heterocycles. The highest BCUT2D eigenvalue weighted by Crippen LogP contribution is 2.24. The molecular weight excluding hydrogens is 476 g/mol. The van der Waals surface area contributed by atoms with E-state index in [2.05, 4.69) is 5.32 Å². The molecule has 6 nitrogen and oxygen atoms in total. The maximum atomic E-state index is 13.6. The molecule has 36 heavy (non-hydrogen) atoms. The number of carbonyl (C=O) groups excluding carboxylic acids is 2. The van der Waals surface area contributed by atoms with Crippen LogP contribution in [0.3, 0.4) is 0 Å². The number of nitrogens with one attached hydrogen (secondary N) is 1. The summed E-state index contributed by atoms with van der Waals surface area (Å²) < 4.78 is 11.1. The minimum atomic E-state index is -0.736. The van der Waals surface area contributed by atoms with Crippen LogP contribution < -0.4 is 14.8 Å². The van der Waals surface area contributed by atoms with Gasteiger partial charge in [-0.05, 0) is 41.3 Å². The molecule has 2 amide bonds.